The first-order valence-corrected chi connectivity index (χ1v) is 9.79. The number of amides is 1. The number of ether oxygens (including phenoxy) is 1. The summed E-state index contributed by atoms with van der Waals surface area (Å²) in [6.45, 7) is 1.92. The first-order valence-electron chi connectivity index (χ1n) is 9.00. The molecular weight excluding hydrogens is 466 g/mol. The molecule has 0 fully saturated rings. The van der Waals surface area contributed by atoms with Crippen LogP contribution in [-0.2, 0) is 0 Å². The van der Waals surface area contributed by atoms with Crippen molar-refractivity contribution in [1.29, 1.82) is 0 Å². The molecule has 8 nitrogen and oxygen atoms in total. The van der Waals surface area contributed by atoms with Crippen LogP contribution in [0.25, 0.3) is 0 Å². The SMILES string of the molecule is Cc1ccc(C(=O)Oc2ccc(Br)cc2/C=N\NC(=O)c2ccc([N+](=O)[O-])cc2)cc1. The van der Waals surface area contributed by atoms with E-state index in [1.165, 1.54) is 30.5 Å². The van der Waals surface area contributed by atoms with Crippen molar-refractivity contribution in [3.05, 3.63) is 104 Å². The van der Waals surface area contributed by atoms with E-state index in [2.05, 4.69) is 26.5 Å². The van der Waals surface area contributed by atoms with Crippen LogP contribution in [0.1, 0.15) is 31.8 Å². The average Bonchev–Trinajstić information content (AvgIpc) is 2.76. The van der Waals surface area contributed by atoms with Gasteiger partial charge in [0.15, 0.2) is 0 Å². The van der Waals surface area contributed by atoms with Crippen LogP contribution in [0.2, 0.25) is 0 Å². The fraction of sp³-hybridized carbons (Fsp3) is 0.0455. The summed E-state index contributed by atoms with van der Waals surface area (Å²) in [6, 6.07) is 17.1. The van der Waals surface area contributed by atoms with E-state index in [0.717, 1.165) is 10.0 Å². The Balaban J connectivity index is 1.71. The van der Waals surface area contributed by atoms with Crippen molar-refractivity contribution in [1.82, 2.24) is 5.43 Å². The van der Waals surface area contributed by atoms with Crippen LogP contribution >= 0.6 is 15.9 Å². The van der Waals surface area contributed by atoms with E-state index in [1.807, 2.05) is 19.1 Å². The minimum atomic E-state index is -0.549. The Bertz CT molecular complexity index is 1160. The number of halogens is 1. The summed E-state index contributed by atoms with van der Waals surface area (Å²) in [5, 5.41) is 14.6. The lowest BCUT2D eigenvalue weighted by Gasteiger charge is -2.08. The van der Waals surface area contributed by atoms with E-state index in [-0.39, 0.29) is 17.0 Å². The summed E-state index contributed by atoms with van der Waals surface area (Å²) in [4.78, 5) is 34.7. The van der Waals surface area contributed by atoms with Crippen LogP contribution in [0.5, 0.6) is 5.75 Å². The summed E-state index contributed by atoms with van der Waals surface area (Å²) in [5.41, 5.74) is 4.32. The van der Waals surface area contributed by atoms with Crippen molar-refractivity contribution in [2.45, 2.75) is 6.92 Å². The number of aryl methyl sites for hydroxylation is 1. The topological polar surface area (TPSA) is 111 Å². The van der Waals surface area contributed by atoms with Gasteiger partial charge in [-0.1, -0.05) is 33.6 Å². The lowest BCUT2D eigenvalue weighted by atomic mass is 10.1. The van der Waals surface area contributed by atoms with Crippen LogP contribution < -0.4 is 10.2 Å². The number of nitrogens with zero attached hydrogens (tertiary/aromatic N) is 2. The second kappa shape index (κ2) is 9.77. The number of non-ortho nitro benzene ring substituents is 1. The normalized spacial score (nSPS) is 10.6. The van der Waals surface area contributed by atoms with Crippen LogP contribution in [0.3, 0.4) is 0 Å². The molecule has 9 heteroatoms. The van der Waals surface area contributed by atoms with Gasteiger partial charge < -0.3 is 4.74 Å². The number of carbonyl (C=O) groups is 2. The first kappa shape index (κ1) is 21.8. The maximum absolute atomic E-state index is 12.4. The monoisotopic (exact) mass is 481 g/mol. The highest BCUT2D eigenvalue weighted by molar-refractivity contribution is 9.10. The molecule has 0 heterocycles. The second-order valence-electron chi connectivity index (χ2n) is 6.44. The summed E-state index contributed by atoms with van der Waals surface area (Å²) < 4.78 is 6.20. The Morgan fingerprint density at radius 1 is 1.03 bits per heavy atom. The summed E-state index contributed by atoms with van der Waals surface area (Å²) in [7, 11) is 0. The molecule has 0 saturated heterocycles. The van der Waals surface area contributed by atoms with E-state index in [4.69, 9.17) is 4.74 Å². The highest BCUT2D eigenvalue weighted by atomic mass is 79.9. The minimum absolute atomic E-state index is 0.116. The fourth-order valence-corrected chi connectivity index (χ4v) is 2.90. The fourth-order valence-electron chi connectivity index (χ4n) is 2.52. The highest BCUT2D eigenvalue weighted by Gasteiger charge is 2.12. The number of nitro benzene ring substituents is 1. The van der Waals surface area contributed by atoms with Gasteiger partial charge in [0.2, 0.25) is 0 Å². The van der Waals surface area contributed by atoms with Gasteiger partial charge in [-0.2, -0.15) is 5.10 Å². The second-order valence-corrected chi connectivity index (χ2v) is 7.36. The maximum Gasteiger partial charge on any atom is 0.343 e. The quantitative estimate of drug-likeness (QED) is 0.181. The molecule has 0 unspecified atom stereocenters. The molecular formula is C22H16BrN3O5. The molecule has 3 aromatic carbocycles. The molecule has 0 bridgehead atoms. The van der Waals surface area contributed by atoms with E-state index in [1.54, 1.807) is 30.3 Å². The van der Waals surface area contributed by atoms with Crippen molar-refractivity contribution in [3.63, 3.8) is 0 Å². The van der Waals surface area contributed by atoms with Crippen molar-refractivity contribution >= 4 is 39.7 Å². The largest absolute Gasteiger partial charge is 0.422 e. The lowest BCUT2D eigenvalue weighted by molar-refractivity contribution is -0.384. The molecule has 0 aliphatic carbocycles. The van der Waals surface area contributed by atoms with E-state index >= 15 is 0 Å². The molecule has 0 saturated carbocycles. The van der Waals surface area contributed by atoms with Gasteiger partial charge in [0.25, 0.3) is 11.6 Å². The molecule has 1 amide bonds. The molecule has 0 atom stereocenters. The number of rotatable bonds is 6. The average molecular weight is 482 g/mol. The molecule has 156 valence electrons. The summed E-state index contributed by atoms with van der Waals surface area (Å²) in [5.74, 6) is -0.798. The Morgan fingerprint density at radius 3 is 2.32 bits per heavy atom. The molecule has 3 aromatic rings. The Morgan fingerprint density at radius 2 is 1.68 bits per heavy atom. The number of carbonyl (C=O) groups excluding carboxylic acids is 2. The molecule has 31 heavy (non-hydrogen) atoms. The van der Waals surface area contributed by atoms with Gasteiger partial charge in [-0.25, -0.2) is 10.2 Å². The van der Waals surface area contributed by atoms with E-state index in [0.29, 0.717) is 11.1 Å². The van der Waals surface area contributed by atoms with Crippen LogP contribution in [-0.4, -0.2) is 23.0 Å². The number of nitro groups is 1. The molecule has 0 spiro atoms. The number of benzene rings is 3. The molecule has 1 N–H and O–H groups in total. The molecule has 3 rings (SSSR count). The summed E-state index contributed by atoms with van der Waals surface area (Å²) in [6.07, 6.45) is 1.34. The van der Waals surface area contributed by atoms with Gasteiger partial charge in [-0.05, 0) is 49.4 Å². The van der Waals surface area contributed by atoms with Gasteiger partial charge in [0, 0.05) is 27.7 Å². The van der Waals surface area contributed by atoms with Crippen molar-refractivity contribution in [2.24, 2.45) is 5.10 Å². The third kappa shape index (κ3) is 5.83. The number of hydrogen-bond acceptors (Lipinski definition) is 6. The van der Waals surface area contributed by atoms with Crippen molar-refractivity contribution < 1.29 is 19.2 Å². The summed E-state index contributed by atoms with van der Waals surface area (Å²) >= 11 is 3.35. The Kier molecular flexibility index (Phi) is 6.88. The highest BCUT2D eigenvalue weighted by Crippen LogP contribution is 2.23. The number of hydrazone groups is 1. The Labute approximate surface area is 185 Å². The smallest absolute Gasteiger partial charge is 0.343 e. The zero-order valence-electron chi connectivity index (χ0n) is 16.2. The first-order chi connectivity index (χ1) is 14.8. The molecule has 0 aromatic heterocycles. The van der Waals surface area contributed by atoms with Crippen molar-refractivity contribution in [3.8, 4) is 5.75 Å². The third-order valence-electron chi connectivity index (χ3n) is 4.17. The molecule has 0 aliphatic rings. The predicted octanol–water partition coefficient (Wildman–Crippen LogP) is 4.65. The van der Waals surface area contributed by atoms with Crippen LogP contribution in [0, 0.1) is 17.0 Å². The van der Waals surface area contributed by atoms with Gasteiger partial charge in [-0.15, -0.1) is 0 Å². The standard InChI is InChI=1S/C22H16BrN3O5/c1-14-2-4-16(5-3-14)22(28)31-20-11-8-18(23)12-17(20)13-24-25-21(27)15-6-9-19(10-7-15)26(29)30/h2-13H,1H3,(H,25,27)/b24-13-. The number of nitrogens with one attached hydrogen (secondary N) is 1. The maximum atomic E-state index is 12.4. The number of hydrogen-bond donors (Lipinski definition) is 1. The van der Waals surface area contributed by atoms with Crippen LogP contribution in [0.4, 0.5) is 5.69 Å². The minimum Gasteiger partial charge on any atom is -0.422 e. The Hall–Kier alpha value is -3.85. The molecule has 0 radical (unpaired) electrons. The van der Waals surface area contributed by atoms with Gasteiger partial charge >= 0.3 is 5.97 Å². The van der Waals surface area contributed by atoms with Gasteiger partial charge in [-0.3, -0.25) is 14.9 Å². The third-order valence-corrected chi connectivity index (χ3v) is 4.67. The van der Waals surface area contributed by atoms with Crippen LogP contribution in [0.15, 0.2) is 76.3 Å². The zero-order valence-corrected chi connectivity index (χ0v) is 17.8. The van der Waals surface area contributed by atoms with E-state index < -0.39 is 16.8 Å². The van der Waals surface area contributed by atoms with Gasteiger partial charge in [0.1, 0.15) is 5.75 Å². The lowest BCUT2D eigenvalue weighted by Crippen LogP contribution is -2.17. The zero-order chi connectivity index (χ0) is 22.4. The predicted molar refractivity (Wildman–Crippen MR) is 118 cm³/mol. The van der Waals surface area contributed by atoms with Gasteiger partial charge in [0.05, 0.1) is 16.7 Å². The van der Waals surface area contributed by atoms with E-state index in [9.17, 15) is 19.7 Å². The van der Waals surface area contributed by atoms with Crippen molar-refractivity contribution in [2.75, 3.05) is 0 Å². The number of esters is 1. The molecule has 0 aliphatic heterocycles.